The van der Waals surface area contributed by atoms with Crippen molar-refractivity contribution >= 4 is 28.2 Å². The Morgan fingerprint density at radius 2 is 2.31 bits per heavy atom. The molecule has 0 aliphatic rings. The Morgan fingerprint density at radius 1 is 1.62 bits per heavy atom. The van der Waals surface area contributed by atoms with Gasteiger partial charge < -0.3 is 4.74 Å². The molecule has 0 saturated heterocycles. The maximum atomic E-state index is 11.5. The summed E-state index contributed by atoms with van der Waals surface area (Å²) in [6.45, 7) is 1.91. The van der Waals surface area contributed by atoms with Crippen LogP contribution in [0.15, 0.2) is 16.6 Å². The van der Waals surface area contributed by atoms with Crippen LogP contribution < -0.4 is 0 Å². The molecule has 0 heterocycles. The Labute approximate surface area is 101 Å². The lowest BCUT2D eigenvalue weighted by atomic mass is 10.1. The van der Waals surface area contributed by atoms with Crippen molar-refractivity contribution in [3.63, 3.8) is 0 Å². The minimum Gasteiger partial charge on any atom is -0.462 e. The van der Waals surface area contributed by atoms with Gasteiger partial charge in [0.1, 0.15) is 6.07 Å². The number of esters is 1. The number of benzene rings is 1. The predicted octanol–water partition coefficient (Wildman–Crippen LogP) is 2.31. The topological polar surface area (TPSA) is 67.2 Å². The standard InChI is InChI=1S/C11H8BrNO3/c1-2-16-11(15)9-4-10(12)8(6-14)3-7(9)5-13/h3-4,6H,2H2,1H3. The molecule has 4 nitrogen and oxygen atoms in total. The molecule has 5 heteroatoms. The maximum absolute atomic E-state index is 11.5. The first kappa shape index (κ1) is 12.4. The summed E-state index contributed by atoms with van der Waals surface area (Å²) in [6.07, 6.45) is 0.611. The summed E-state index contributed by atoms with van der Waals surface area (Å²) in [5, 5.41) is 8.86. The Balaban J connectivity index is 3.30. The highest BCUT2D eigenvalue weighted by atomic mass is 79.9. The van der Waals surface area contributed by atoms with Crippen molar-refractivity contribution in [1.82, 2.24) is 0 Å². The van der Waals surface area contributed by atoms with Crippen molar-refractivity contribution in [2.24, 2.45) is 0 Å². The first-order valence-corrected chi connectivity index (χ1v) is 5.29. The molecule has 1 aromatic carbocycles. The van der Waals surface area contributed by atoms with Gasteiger partial charge in [0.15, 0.2) is 6.29 Å². The van der Waals surface area contributed by atoms with Crippen LogP contribution in [0.5, 0.6) is 0 Å². The molecule has 0 bridgehead atoms. The van der Waals surface area contributed by atoms with Crippen LogP contribution in [0.25, 0.3) is 0 Å². The minimum absolute atomic E-state index is 0.128. The Morgan fingerprint density at radius 3 is 2.81 bits per heavy atom. The molecule has 0 N–H and O–H groups in total. The number of hydrogen-bond acceptors (Lipinski definition) is 4. The number of hydrogen-bond donors (Lipinski definition) is 0. The first-order chi connectivity index (χ1) is 7.63. The van der Waals surface area contributed by atoms with E-state index in [1.807, 2.05) is 6.07 Å². The fourth-order valence-electron chi connectivity index (χ4n) is 1.15. The van der Waals surface area contributed by atoms with Gasteiger partial charge in [-0.2, -0.15) is 5.26 Å². The van der Waals surface area contributed by atoms with Gasteiger partial charge in [0.2, 0.25) is 0 Å². The number of aldehydes is 1. The van der Waals surface area contributed by atoms with Crippen LogP contribution in [-0.4, -0.2) is 18.9 Å². The molecule has 0 aromatic heterocycles. The van der Waals surface area contributed by atoms with Crippen molar-refractivity contribution in [2.45, 2.75) is 6.92 Å². The van der Waals surface area contributed by atoms with E-state index < -0.39 is 5.97 Å². The molecule has 1 aromatic rings. The lowest BCUT2D eigenvalue weighted by Gasteiger charge is -2.05. The number of halogens is 1. The van der Waals surface area contributed by atoms with E-state index in [-0.39, 0.29) is 17.7 Å². The summed E-state index contributed by atoms with van der Waals surface area (Å²) in [4.78, 5) is 22.1. The number of ether oxygens (including phenoxy) is 1. The third-order valence-electron chi connectivity index (χ3n) is 1.88. The van der Waals surface area contributed by atoms with Gasteiger partial charge in [-0.25, -0.2) is 4.79 Å². The van der Waals surface area contributed by atoms with E-state index in [1.165, 1.54) is 12.1 Å². The summed E-state index contributed by atoms with van der Waals surface area (Å²) < 4.78 is 5.26. The Hall–Kier alpha value is -1.67. The number of nitriles is 1. The van der Waals surface area contributed by atoms with Crippen LogP contribution in [0.2, 0.25) is 0 Å². The van der Waals surface area contributed by atoms with Crippen LogP contribution >= 0.6 is 15.9 Å². The van der Waals surface area contributed by atoms with Gasteiger partial charge in [0.05, 0.1) is 17.7 Å². The molecule has 1 rings (SSSR count). The van der Waals surface area contributed by atoms with Gasteiger partial charge in [-0.1, -0.05) is 15.9 Å². The van der Waals surface area contributed by atoms with E-state index >= 15 is 0 Å². The van der Waals surface area contributed by atoms with E-state index in [4.69, 9.17) is 10.00 Å². The average Bonchev–Trinajstić information content (AvgIpc) is 2.29. The summed E-state index contributed by atoms with van der Waals surface area (Å²) in [7, 11) is 0. The smallest absolute Gasteiger partial charge is 0.339 e. The Kier molecular flexibility index (Phi) is 4.20. The van der Waals surface area contributed by atoms with Crippen molar-refractivity contribution in [1.29, 1.82) is 5.26 Å². The molecule has 0 aliphatic carbocycles. The van der Waals surface area contributed by atoms with E-state index in [0.29, 0.717) is 16.3 Å². The zero-order chi connectivity index (χ0) is 12.1. The van der Waals surface area contributed by atoms with Crippen molar-refractivity contribution < 1.29 is 14.3 Å². The molecular formula is C11H8BrNO3. The van der Waals surface area contributed by atoms with Gasteiger partial charge in [0.25, 0.3) is 0 Å². The third kappa shape index (κ3) is 2.47. The summed E-state index contributed by atoms with van der Waals surface area (Å²) >= 11 is 3.14. The highest BCUT2D eigenvalue weighted by Crippen LogP contribution is 2.21. The van der Waals surface area contributed by atoms with Crippen LogP contribution in [0.1, 0.15) is 33.2 Å². The molecule has 82 valence electrons. The molecule has 0 aliphatic heterocycles. The van der Waals surface area contributed by atoms with Crippen LogP contribution in [0.3, 0.4) is 0 Å². The second kappa shape index (κ2) is 5.42. The highest BCUT2D eigenvalue weighted by molar-refractivity contribution is 9.10. The zero-order valence-corrected chi connectivity index (χ0v) is 10.1. The van der Waals surface area contributed by atoms with E-state index in [1.54, 1.807) is 6.92 Å². The van der Waals surface area contributed by atoms with E-state index in [0.717, 1.165) is 0 Å². The van der Waals surface area contributed by atoms with Gasteiger partial charge in [-0.05, 0) is 19.1 Å². The van der Waals surface area contributed by atoms with Crippen molar-refractivity contribution in [3.05, 3.63) is 33.3 Å². The number of carbonyl (C=O) groups excluding carboxylic acids is 2. The molecule has 0 radical (unpaired) electrons. The van der Waals surface area contributed by atoms with Gasteiger partial charge in [0, 0.05) is 10.0 Å². The van der Waals surface area contributed by atoms with Gasteiger partial charge in [-0.3, -0.25) is 4.79 Å². The molecule has 0 fully saturated rings. The fraction of sp³-hybridized carbons (Fsp3) is 0.182. The SMILES string of the molecule is CCOC(=O)c1cc(Br)c(C=O)cc1C#N. The summed E-state index contributed by atoms with van der Waals surface area (Å²) in [6, 6.07) is 4.62. The number of nitrogens with zero attached hydrogens (tertiary/aromatic N) is 1. The lowest BCUT2D eigenvalue weighted by Crippen LogP contribution is -2.07. The molecule has 0 atom stereocenters. The normalized spacial score (nSPS) is 9.31. The quantitative estimate of drug-likeness (QED) is 0.630. The van der Waals surface area contributed by atoms with Crippen molar-refractivity contribution in [3.8, 4) is 6.07 Å². The summed E-state index contributed by atoms with van der Waals surface area (Å²) in [5.41, 5.74) is 0.607. The van der Waals surface area contributed by atoms with E-state index in [9.17, 15) is 9.59 Å². The first-order valence-electron chi connectivity index (χ1n) is 4.50. The second-order valence-corrected chi connectivity index (χ2v) is 3.72. The minimum atomic E-state index is -0.572. The van der Waals surface area contributed by atoms with Crippen molar-refractivity contribution in [2.75, 3.05) is 6.61 Å². The second-order valence-electron chi connectivity index (χ2n) is 2.87. The van der Waals surface area contributed by atoms with Crippen LogP contribution in [-0.2, 0) is 4.74 Å². The molecule has 0 saturated carbocycles. The Bertz CT molecular complexity index is 477. The zero-order valence-electron chi connectivity index (χ0n) is 8.49. The van der Waals surface area contributed by atoms with Crippen LogP contribution in [0.4, 0.5) is 0 Å². The lowest BCUT2D eigenvalue weighted by molar-refractivity contribution is 0.0525. The van der Waals surface area contributed by atoms with Crippen LogP contribution in [0, 0.1) is 11.3 Å². The monoisotopic (exact) mass is 281 g/mol. The molecule has 16 heavy (non-hydrogen) atoms. The molecule has 0 amide bonds. The third-order valence-corrected chi connectivity index (χ3v) is 2.57. The predicted molar refractivity (Wildman–Crippen MR) is 60.2 cm³/mol. The molecular weight excluding hydrogens is 274 g/mol. The maximum Gasteiger partial charge on any atom is 0.339 e. The largest absolute Gasteiger partial charge is 0.462 e. The molecule has 0 spiro atoms. The van der Waals surface area contributed by atoms with Gasteiger partial charge in [-0.15, -0.1) is 0 Å². The highest BCUT2D eigenvalue weighted by Gasteiger charge is 2.15. The number of rotatable bonds is 3. The summed E-state index contributed by atoms with van der Waals surface area (Å²) in [5.74, 6) is -0.572. The van der Waals surface area contributed by atoms with E-state index in [2.05, 4.69) is 15.9 Å². The van der Waals surface area contributed by atoms with Gasteiger partial charge >= 0.3 is 5.97 Å². The number of carbonyl (C=O) groups is 2. The fourth-order valence-corrected chi connectivity index (χ4v) is 1.59. The molecule has 0 unspecified atom stereocenters. The average molecular weight is 282 g/mol.